The van der Waals surface area contributed by atoms with Crippen LogP contribution in [0.25, 0.3) is 0 Å². The first-order valence-corrected chi connectivity index (χ1v) is 5.80. The van der Waals surface area contributed by atoms with Gasteiger partial charge >= 0.3 is 0 Å². The Morgan fingerprint density at radius 3 is 2.50 bits per heavy atom. The fourth-order valence-electron chi connectivity index (χ4n) is 1.76. The highest BCUT2D eigenvalue weighted by atomic mass is 35.5. The molecule has 1 N–H and O–H groups in total. The van der Waals surface area contributed by atoms with Crippen LogP contribution in [0.15, 0.2) is 24.3 Å². The van der Waals surface area contributed by atoms with Gasteiger partial charge in [0.15, 0.2) is 0 Å². The van der Waals surface area contributed by atoms with Crippen LogP contribution >= 0.6 is 11.6 Å². The number of carbonyl (C=O) groups is 1. The van der Waals surface area contributed by atoms with Gasteiger partial charge in [-0.1, -0.05) is 25.4 Å². The van der Waals surface area contributed by atoms with Crippen LogP contribution in [0.4, 0.5) is 5.69 Å². The number of anilines is 1. The van der Waals surface area contributed by atoms with Gasteiger partial charge in [0.05, 0.1) is 5.69 Å². The number of hydrogen-bond acceptors (Lipinski definition) is 2. The number of hydrazine groups is 1. The molecule has 1 saturated heterocycles. The molecule has 4 heteroatoms. The minimum atomic E-state index is 0.112. The predicted molar refractivity (Wildman–Crippen MR) is 65.3 cm³/mol. The Labute approximate surface area is 100 Å². The number of carbonyl (C=O) groups excluding carboxylic acids is 1. The van der Waals surface area contributed by atoms with Crippen LogP contribution in [0.1, 0.15) is 20.3 Å². The van der Waals surface area contributed by atoms with E-state index in [1.807, 2.05) is 12.1 Å². The van der Waals surface area contributed by atoms with Gasteiger partial charge in [0.25, 0.3) is 0 Å². The van der Waals surface area contributed by atoms with Gasteiger partial charge < -0.3 is 0 Å². The smallest absolute Gasteiger partial charge is 0.243 e. The molecule has 0 aromatic heterocycles. The highest BCUT2D eigenvalue weighted by molar-refractivity contribution is 6.30. The number of nitrogens with zero attached hydrogens (tertiary/aromatic N) is 1. The summed E-state index contributed by atoms with van der Waals surface area (Å²) in [6, 6.07) is 7.48. The number of halogens is 1. The number of rotatable bonds is 2. The summed E-state index contributed by atoms with van der Waals surface area (Å²) in [5.74, 6) is 0.558. The molecule has 1 aromatic carbocycles. The van der Waals surface area contributed by atoms with Gasteiger partial charge in [-0.05, 0) is 30.2 Å². The minimum absolute atomic E-state index is 0.112. The molecule has 1 aliphatic rings. The highest BCUT2D eigenvalue weighted by Crippen LogP contribution is 2.23. The Kier molecular flexibility index (Phi) is 3.17. The van der Waals surface area contributed by atoms with Crippen molar-refractivity contribution in [2.45, 2.75) is 26.3 Å². The summed E-state index contributed by atoms with van der Waals surface area (Å²) < 4.78 is 0. The van der Waals surface area contributed by atoms with E-state index < -0.39 is 0 Å². The topological polar surface area (TPSA) is 32.3 Å². The van der Waals surface area contributed by atoms with Gasteiger partial charge in [0, 0.05) is 17.5 Å². The van der Waals surface area contributed by atoms with Crippen LogP contribution in [0.3, 0.4) is 0 Å². The third-order valence-electron chi connectivity index (χ3n) is 2.83. The van der Waals surface area contributed by atoms with Crippen molar-refractivity contribution in [2.24, 2.45) is 5.92 Å². The molecule has 1 aliphatic heterocycles. The first-order valence-electron chi connectivity index (χ1n) is 5.42. The molecular formula is C12H15ClN2O. The maximum Gasteiger partial charge on any atom is 0.243 e. The lowest BCUT2D eigenvalue weighted by Gasteiger charge is -2.19. The van der Waals surface area contributed by atoms with E-state index in [-0.39, 0.29) is 11.9 Å². The normalized spacial score (nSPS) is 20.9. The summed E-state index contributed by atoms with van der Waals surface area (Å²) in [5.41, 5.74) is 4.06. The molecular weight excluding hydrogens is 224 g/mol. The fourth-order valence-corrected chi connectivity index (χ4v) is 1.88. The van der Waals surface area contributed by atoms with Crippen molar-refractivity contribution in [3.8, 4) is 0 Å². The molecule has 1 heterocycles. The Bertz CT molecular complexity index is 389. The van der Waals surface area contributed by atoms with E-state index in [0.717, 1.165) is 5.69 Å². The quantitative estimate of drug-likeness (QED) is 0.859. The maximum atomic E-state index is 11.8. The Morgan fingerprint density at radius 2 is 2.00 bits per heavy atom. The zero-order valence-electron chi connectivity index (χ0n) is 9.40. The molecule has 1 aromatic rings. The molecule has 0 aliphatic carbocycles. The summed E-state index contributed by atoms with van der Waals surface area (Å²) in [6.07, 6.45) is 0.556. The van der Waals surface area contributed by atoms with Crippen LogP contribution < -0.4 is 10.4 Å². The molecule has 1 unspecified atom stereocenters. The van der Waals surface area contributed by atoms with Crippen molar-refractivity contribution in [3.05, 3.63) is 29.3 Å². The highest BCUT2D eigenvalue weighted by Gasteiger charge is 2.31. The van der Waals surface area contributed by atoms with E-state index in [2.05, 4.69) is 19.3 Å². The van der Waals surface area contributed by atoms with E-state index in [1.165, 1.54) is 0 Å². The Balaban J connectivity index is 2.16. The maximum absolute atomic E-state index is 11.8. The molecule has 0 saturated carbocycles. The summed E-state index contributed by atoms with van der Waals surface area (Å²) >= 11 is 5.81. The number of benzene rings is 1. The fraction of sp³-hybridized carbons (Fsp3) is 0.417. The van der Waals surface area contributed by atoms with E-state index >= 15 is 0 Å². The van der Waals surface area contributed by atoms with Crippen molar-refractivity contribution in [3.63, 3.8) is 0 Å². The van der Waals surface area contributed by atoms with Crippen molar-refractivity contribution in [1.82, 2.24) is 5.43 Å². The average molecular weight is 239 g/mol. The Morgan fingerprint density at radius 1 is 1.38 bits per heavy atom. The SMILES string of the molecule is CC(C)C1CC(=O)N(c2ccc(Cl)cc2)N1. The van der Waals surface area contributed by atoms with E-state index in [0.29, 0.717) is 17.4 Å². The lowest BCUT2D eigenvalue weighted by molar-refractivity contribution is -0.117. The first-order chi connectivity index (χ1) is 7.58. The van der Waals surface area contributed by atoms with E-state index in [9.17, 15) is 4.79 Å². The van der Waals surface area contributed by atoms with Crippen LogP contribution in [0, 0.1) is 5.92 Å². The van der Waals surface area contributed by atoms with Gasteiger partial charge in [-0.3, -0.25) is 4.79 Å². The van der Waals surface area contributed by atoms with Crippen LogP contribution in [-0.4, -0.2) is 11.9 Å². The molecule has 0 bridgehead atoms. The van der Waals surface area contributed by atoms with E-state index in [4.69, 9.17) is 11.6 Å². The van der Waals surface area contributed by atoms with Gasteiger partial charge in [0.2, 0.25) is 5.91 Å². The van der Waals surface area contributed by atoms with E-state index in [1.54, 1.807) is 17.1 Å². The molecule has 0 radical (unpaired) electrons. The van der Waals surface area contributed by atoms with Crippen LogP contribution in [0.2, 0.25) is 5.02 Å². The summed E-state index contributed by atoms with van der Waals surface area (Å²) in [7, 11) is 0. The second-order valence-corrected chi connectivity index (χ2v) is 4.83. The number of hydrogen-bond donors (Lipinski definition) is 1. The second kappa shape index (κ2) is 4.44. The zero-order valence-corrected chi connectivity index (χ0v) is 10.2. The molecule has 1 fully saturated rings. The zero-order chi connectivity index (χ0) is 11.7. The van der Waals surface area contributed by atoms with Gasteiger partial charge in [-0.15, -0.1) is 0 Å². The monoisotopic (exact) mass is 238 g/mol. The van der Waals surface area contributed by atoms with Gasteiger partial charge in [-0.25, -0.2) is 10.4 Å². The summed E-state index contributed by atoms with van der Waals surface area (Å²) in [6.45, 7) is 4.21. The lowest BCUT2D eigenvalue weighted by atomic mass is 10.0. The molecule has 16 heavy (non-hydrogen) atoms. The Hall–Kier alpha value is -1.06. The summed E-state index contributed by atoms with van der Waals surface area (Å²) in [5, 5.41) is 2.29. The van der Waals surface area contributed by atoms with Crippen molar-refractivity contribution >= 4 is 23.2 Å². The molecule has 1 atom stereocenters. The van der Waals surface area contributed by atoms with Crippen molar-refractivity contribution < 1.29 is 4.79 Å². The molecule has 1 amide bonds. The van der Waals surface area contributed by atoms with Crippen LogP contribution in [0.5, 0.6) is 0 Å². The van der Waals surface area contributed by atoms with Crippen molar-refractivity contribution in [1.29, 1.82) is 0 Å². The first kappa shape index (κ1) is 11.4. The average Bonchev–Trinajstić information content (AvgIpc) is 2.62. The minimum Gasteiger partial charge on any atom is -0.273 e. The molecule has 2 rings (SSSR count). The summed E-state index contributed by atoms with van der Waals surface area (Å²) in [4.78, 5) is 11.8. The number of nitrogens with one attached hydrogen (secondary N) is 1. The standard InChI is InChI=1S/C12H15ClN2O/c1-8(2)11-7-12(16)15(14-11)10-5-3-9(13)4-6-10/h3-6,8,11,14H,7H2,1-2H3. The second-order valence-electron chi connectivity index (χ2n) is 4.39. The number of amides is 1. The largest absolute Gasteiger partial charge is 0.273 e. The predicted octanol–water partition coefficient (Wildman–Crippen LogP) is 2.61. The molecule has 0 spiro atoms. The third-order valence-corrected chi connectivity index (χ3v) is 3.08. The molecule has 3 nitrogen and oxygen atoms in total. The lowest BCUT2D eigenvalue weighted by Crippen LogP contribution is -2.39. The van der Waals surface area contributed by atoms with Gasteiger partial charge in [-0.2, -0.15) is 0 Å². The van der Waals surface area contributed by atoms with Crippen molar-refractivity contribution in [2.75, 3.05) is 5.01 Å². The third kappa shape index (κ3) is 2.20. The van der Waals surface area contributed by atoms with Crippen LogP contribution in [-0.2, 0) is 4.79 Å². The van der Waals surface area contributed by atoms with Gasteiger partial charge in [0.1, 0.15) is 0 Å². The molecule has 86 valence electrons.